The highest BCUT2D eigenvalue weighted by Crippen LogP contribution is 2.43. The third-order valence-corrected chi connectivity index (χ3v) is 9.91. The molecule has 0 unspecified atom stereocenters. The number of anilines is 1. The van der Waals surface area contributed by atoms with Crippen LogP contribution in [0.4, 0.5) is 5.69 Å². The highest BCUT2D eigenvalue weighted by Gasteiger charge is 2.23. The molecule has 0 aliphatic carbocycles. The van der Waals surface area contributed by atoms with Crippen LogP contribution in [-0.4, -0.2) is 30.0 Å². The fourth-order valence-corrected chi connectivity index (χ4v) is 6.81. The standard InChI is InChI=1S/C31H31N3O3S3/c1-31(2,26-15-13-24(14-16-26)30(37)33-38)40-39-20-19-32-28(35)17-18-29(36)34-21-25-9-4-3-7-22(25)11-12-23-8-5-6-10-27(23)34/h3-10,13-16,38H,17-21H2,1-2H3,(H,32,35)(H,33,37). The van der Waals surface area contributed by atoms with E-state index in [4.69, 9.17) is 0 Å². The molecule has 2 N–H and O–H groups in total. The Balaban J connectivity index is 1.24. The number of benzene rings is 3. The van der Waals surface area contributed by atoms with Crippen molar-refractivity contribution >= 4 is 57.8 Å². The second kappa shape index (κ2) is 13.8. The molecule has 206 valence electrons. The van der Waals surface area contributed by atoms with Gasteiger partial charge >= 0.3 is 0 Å². The van der Waals surface area contributed by atoms with Crippen LogP contribution in [0.1, 0.15) is 59.3 Å². The summed E-state index contributed by atoms with van der Waals surface area (Å²) in [5.41, 5.74) is 5.12. The van der Waals surface area contributed by atoms with E-state index >= 15 is 0 Å². The first-order valence-electron chi connectivity index (χ1n) is 12.9. The lowest BCUT2D eigenvalue weighted by Gasteiger charge is -2.26. The van der Waals surface area contributed by atoms with Crippen LogP contribution >= 0.6 is 34.4 Å². The van der Waals surface area contributed by atoms with Gasteiger partial charge < -0.3 is 10.2 Å². The summed E-state index contributed by atoms with van der Waals surface area (Å²) in [5, 5.41) is 2.93. The van der Waals surface area contributed by atoms with Crippen LogP contribution in [0, 0.1) is 11.8 Å². The van der Waals surface area contributed by atoms with E-state index in [-0.39, 0.29) is 35.3 Å². The molecule has 1 heterocycles. The number of carbonyl (C=O) groups is 3. The Hall–Kier alpha value is -3.32. The number of amides is 3. The molecular weight excluding hydrogens is 559 g/mol. The number of hydrogen-bond donors (Lipinski definition) is 3. The average molecular weight is 590 g/mol. The molecule has 1 aliphatic heterocycles. The van der Waals surface area contributed by atoms with Crippen molar-refractivity contribution in [1.82, 2.24) is 10.0 Å². The van der Waals surface area contributed by atoms with Gasteiger partial charge in [0.2, 0.25) is 11.8 Å². The SMILES string of the molecule is CC(C)(SSCCNC(=O)CCC(=O)N1Cc2ccccc2C#Cc2ccccc21)c1ccc(C(=O)NS)cc1. The number of para-hydroxylation sites is 1. The maximum Gasteiger partial charge on any atom is 0.260 e. The Kier molecular flexibility index (Phi) is 10.3. The monoisotopic (exact) mass is 589 g/mol. The van der Waals surface area contributed by atoms with Crippen molar-refractivity contribution < 1.29 is 14.4 Å². The zero-order valence-corrected chi connectivity index (χ0v) is 24.9. The molecule has 0 fully saturated rings. The first kappa shape index (κ1) is 29.7. The molecule has 3 amide bonds. The summed E-state index contributed by atoms with van der Waals surface area (Å²) in [5.74, 6) is 6.65. The lowest BCUT2D eigenvalue weighted by molar-refractivity contribution is -0.125. The first-order chi connectivity index (χ1) is 19.3. The molecule has 3 aromatic rings. The van der Waals surface area contributed by atoms with Crippen molar-refractivity contribution in [3.8, 4) is 11.8 Å². The van der Waals surface area contributed by atoms with E-state index in [1.807, 2.05) is 60.7 Å². The van der Waals surface area contributed by atoms with Crippen LogP contribution in [-0.2, 0) is 20.9 Å². The van der Waals surface area contributed by atoms with Gasteiger partial charge in [-0.2, -0.15) is 0 Å². The molecule has 0 saturated carbocycles. The van der Waals surface area contributed by atoms with Gasteiger partial charge in [0.15, 0.2) is 0 Å². The maximum absolute atomic E-state index is 13.3. The van der Waals surface area contributed by atoms with Crippen LogP contribution in [0.3, 0.4) is 0 Å². The van der Waals surface area contributed by atoms with Crippen molar-refractivity contribution in [2.24, 2.45) is 0 Å². The highest BCUT2D eigenvalue weighted by atomic mass is 33.1. The fraction of sp³-hybridized carbons (Fsp3) is 0.258. The average Bonchev–Trinajstić information content (AvgIpc) is 2.96. The van der Waals surface area contributed by atoms with Gasteiger partial charge in [0.05, 0.1) is 12.2 Å². The second-order valence-corrected chi connectivity index (χ2v) is 12.9. The number of nitrogens with zero attached hydrogens (tertiary/aromatic N) is 1. The van der Waals surface area contributed by atoms with Gasteiger partial charge in [-0.15, -0.1) is 0 Å². The van der Waals surface area contributed by atoms with E-state index < -0.39 is 0 Å². The molecule has 3 aromatic carbocycles. The van der Waals surface area contributed by atoms with Crippen LogP contribution in [0.2, 0.25) is 0 Å². The summed E-state index contributed by atoms with van der Waals surface area (Å²) < 4.78 is 2.15. The quantitative estimate of drug-likeness (QED) is 0.122. The van der Waals surface area contributed by atoms with Crippen molar-refractivity contribution in [3.05, 3.63) is 101 Å². The van der Waals surface area contributed by atoms with E-state index in [9.17, 15) is 14.4 Å². The molecule has 6 nitrogen and oxygen atoms in total. The lowest BCUT2D eigenvalue weighted by atomic mass is 10.0. The minimum absolute atomic E-state index is 0.106. The van der Waals surface area contributed by atoms with E-state index in [0.29, 0.717) is 18.7 Å². The zero-order valence-electron chi connectivity index (χ0n) is 22.4. The summed E-state index contributed by atoms with van der Waals surface area (Å²) in [6.45, 7) is 5.17. The normalized spacial score (nSPS) is 12.1. The summed E-state index contributed by atoms with van der Waals surface area (Å²) in [6, 6.07) is 22.9. The van der Waals surface area contributed by atoms with Crippen LogP contribution in [0.5, 0.6) is 0 Å². The Bertz CT molecular complexity index is 1450. The number of thiol groups is 1. The molecule has 1 aliphatic rings. The van der Waals surface area contributed by atoms with Crippen molar-refractivity contribution in [3.63, 3.8) is 0 Å². The Morgan fingerprint density at radius 3 is 2.35 bits per heavy atom. The third-order valence-electron chi connectivity index (χ3n) is 6.46. The number of hydrogen-bond acceptors (Lipinski definition) is 6. The minimum Gasteiger partial charge on any atom is -0.355 e. The number of fused-ring (bicyclic) bond motifs is 2. The molecule has 4 rings (SSSR count). The number of nitrogens with one attached hydrogen (secondary N) is 2. The molecule has 40 heavy (non-hydrogen) atoms. The topological polar surface area (TPSA) is 78.5 Å². The summed E-state index contributed by atoms with van der Waals surface area (Å²) in [7, 11) is 3.38. The lowest BCUT2D eigenvalue weighted by Crippen LogP contribution is -2.33. The van der Waals surface area contributed by atoms with Crippen molar-refractivity contribution in [2.75, 3.05) is 17.2 Å². The van der Waals surface area contributed by atoms with Gasteiger partial charge in [-0.05, 0) is 55.3 Å². The third kappa shape index (κ3) is 7.66. The molecule has 0 spiro atoms. The van der Waals surface area contributed by atoms with Crippen molar-refractivity contribution in [2.45, 2.75) is 38.0 Å². The zero-order chi connectivity index (χ0) is 28.5. The molecule has 0 atom stereocenters. The maximum atomic E-state index is 13.3. The second-order valence-electron chi connectivity index (χ2n) is 9.69. The largest absolute Gasteiger partial charge is 0.355 e. The molecule has 0 saturated heterocycles. The predicted octanol–water partition coefficient (Wildman–Crippen LogP) is 5.72. The van der Waals surface area contributed by atoms with Crippen LogP contribution < -0.4 is 14.9 Å². The fourth-order valence-electron chi connectivity index (χ4n) is 4.21. The summed E-state index contributed by atoms with van der Waals surface area (Å²) in [4.78, 5) is 39.3. The van der Waals surface area contributed by atoms with E-state index in [1.165, 1.54) is 0 Å². The van der Waals surface area contributed by atoms with Gasteiger partial charge in [-0.1, -0.05) is 88.7 Å². The van der Waals surface area contributed by atoms with E-state index in [0.717, 1.165) is 33.7 Å². The Labute approximate surface area is 249 Å². The molecule has 9 heteroatoms. The Morgan fingerprint density at radius 2 is 1.60 bits per heavy atom. The van der Waals surface area contributed by atoms with Crippen molar-refractivity contribution in [1.29, 1.82) is 0 Å². The first-order valence-corrected chi connectivity index (χ1v) is 15.7. The Morgan fingerprint density at radius 1 is 0.925 bits per heavy atom. The summed E-state index contributed by atoms with van der Waals surface area (Å²) in [6.07, 6.45) is 0.242. The minimum atomic E-state index is -0.238. The predicted molar refractivity (Wildman–Crippen MR) is 168 cm³/mol. The van der Waals surface area contributed by atoms with Gasteiger partial charge in [0.1, 0.15) is 0 Å². The highest BCUT2D eigenvalue weighted by molar-refractivity contribution is 8.77. The molecule has 0 aromatic heterocycles. The molecule has 0 bridgehead atoms. The summed E-state index contributed by atoms with van der Waals surface area (Å²) >= 11 is 3.80. The van der Waals surface area contributed by atoms with E-state index in [2.05, 4.69) is 48.5 Å². The van der Waals surface area contributed by atoms with Gasteiger partial charge in [0, 0.05) is 46.6 Å². The van der Waals surface area contributed by atoms with E-state index in [1.54, 1.807) is 38.6 Å². The number of rotatable bonds is 10. The van der Waals surface area contributed by atoms with Gasteiger partial charge in [0.25, 0.3) is 5.91 Å². The molecular formula is C31H31N3O3S3. The van der Waals surface area contributed by atoms with Crippen LogP contribution in [0.15, 0.2) is 72.8 Å². The smallest absolute Gasteiger partial charge is 0.260 e. The van der Waals surface area contributed by atoms with Gasteiger partial charge in [-0.3, -0.25) is 19.1 Å². The van der Waals surface area contributed by atoms with Gasteiger partial charge in [-0.25, -0.2) is 0 Å². The number of carbonyl (C=O) groups excluding carboxylic acids is 3. The molecule has 0 radical (unpaired) electrons. The van der Waals surface area contributed by atoms with Crippen LogP contribution in [0.25, 0.3) is 0 Å².